The zero-order chi connectivity index (χ0) is 29.2. The van der Waals surface area contributed by atoms with Gasteiger partial charge in [-0.3, -0.25) is 4.79 Å². The number of epoxide rings is 1. The molecule has 39 heavy (non-hydrogen) atoms. The van der Waals surface area contributed by atoms with Crippen LogP contribution in [0.2, 0.25) is 36.3 Å². The van der Waals surface area contributed by atoms with Crippen molar-refractivity contribution >= 4 is 22.4 Å². The van der Waals surface area contributed by atoms with Crippen molar-refractivity contribution in [2.75, 3.05) is 0 Å². The third-order valence-corrected chi connectivity index (χ3v) is 23.2. The Morgan fingerprint density at radius 2 is 1.41 bits per heavy atom. The van der Waals surface area contributed by atoms with Gasteiger partial charge in [0.15, 0.2) is 28.0 Å². The van der Waals surface area contributed by atoms with Crippen molar-refractivity contribution in [1.82, 2.24) is 0 Å². The van der Waals surface area contributed by atoms with E-state index in [-0.39, 0.29) is 33.5 Å². The number of ether oxygens (including phenoxy) is 1. The molecule has 1 heterocycles. The Morgan fingerprint density at radius 3 is 1.97 bits per heavy atom. The smallest absolute Gasteiger partial charge is 0.192 e. The molecule has 4 nitrogen and oxygen atoms in total. The lowest BCUT2D eigenvalue weighted by atomic mass is 9.43. The largest absolute Gasteiger partial charge is 0.414 e. The summed E-state index contributed by atoms with van der Waals surface area (Å²) in [6, 6.07) is 0. The van der Waals surface area contributed by atoms with Gasteiger partial charge in [0.25, 0.3) is 0 Å². The number of carbonyl (C=O) groups excluding carboxylic acids is 1. The minimum Gasteiger partial charge on any atom is -0.414 e. The van der Waals surface area contributed by atoms with Crippen molar-refractivity contribution in [3.63, 3.8) is 0 Å². The predicted octanol–water partition coefficient (Wildman–Crippen LogP) is 8.76. The van der Waals surface area contributed by atoms with Gasteiger partial charge in [-0.1, -0.05) is 55.4 Å². The quantitative estimate of drug-likeness (QED) is 0.242. The average molecular weight is 577 g/mol. The molecule has 0 bridgehead atoms. The summed E-state index contributed by atoms with van der Waals surface area (Å²) < 4.78 is 20.8. The van der Waals surface area contributed by atoms with Crippen LogP contribution in [0.5, 0.6) is 0 Å². The third-order valence-electron chi connectivity index (χ3n) is 14.1. The van der Waals surface area contributed by atoms with Crippen molar-refractivity contribution in [2.24, 2.45) is 34.5 Å². The van der Waals surface area contributed by atoms with Gasteiger partial charge in [0.2, 0.25) is 0 Å². The van der Waals surface area contributed by atoms with Crippen LogP contribution in [0.3, 0.4) is 0 Å². The zero-order valence-corrected chi connectivity index (χ0v) is 29.6. The maximum absolute atomic E-state index is 13.3. The van der Waals surface area contributed by atoms with E-state index in [1.807, 2.05) is 0 Å². The Morgan fingerprint density at radius 1 is 0.821 bits per heavy atom. The van der Waals surface area contributed by atoms with Gasteiger partial charge in [-0.05, 0) is 117 Å². The fraction of sp³-hybridized carbons (Fsp3) is 0.970. The number of ketones is 1. The molecule has 0 aromatic carbocycles. The average Bonchev–Trinajstić information content (AvgIpc) is 3.45. The summed E-state index contributed by atoms with van der Waals surface area (Å²) in [5.41, 5.74) is -0.488. The molecular weight excluding hydrogens is 517 g/mol. The van der Waals surface area contributed by atoms with Gasteiger partial charge in [0.05, 0.1) is 12.2 Å². The molecule has 1 aliphatic heterocycles. The molecule has 0 spiro atoms. The first-order chi connectivity index (χ1) is 17.6. The van der Waals surface area contributed by atoms with Crippen LogP contribution in [-0.2, 0) is 18.4 Å². The van der Waals surface area contributed by atoms with E-state index in [2.05, 4.69) is 81.6 Å². The van der Waals surface area contributed by atoms with E-state index in [1.54, 1.807) is 6.92 Å². The number of Topliss-reactive ketones (excluding diaryl/α,β-unsaturated/α-hetero) is 1. The minimum absolute atomic E-state index is 0.0952. The summed E-state index contributed by atoms with van der Waals surface area (Å²) in [6.07, 6.45) is 9.06. The lowest BCUT2D eigenvalue weighted by molar-refractivity contribution is -0.185. The van der Waals surface area contributed by atoms with Gasteiger partial charge in [0.1, 0.15) is 0 Å². The Bertz CT molecular complexity index is 995. The molecule has 4 aliphatic carbocycles. The van der Waals surface area contributed by atoms with E-state index < -0.39 is 22.2 Å². The minimum atomic E-state index is -2.04. The van der Waals surface area contributed by atoms with Crippen molar-refractivity contribution in [1.29, 1.82) is 0 Å². The van der Waals surface area contributed by atoms with E-state index in [0.717, 1.165) is 18.8 Å². The molecule has 1 saturated heterocycles. The second-order valence-electron chi connectivity index (χ2n) is 18.0. The number of carbonyl (C=O) groups is 1. The summed E-state index contributed by atoms with van der Waals surface area (Å²) in [5, 5.41) is 0.394. The molecule has 224 valence electrons. The zero-order valence-electron chi connectivity index (χ0n) is 27.6. The molecule has 0 aromatic rings. The van der Waals surface area contributed by atoms with E-state index in [9.17, 15) is 4.79 Å². The van der Waals surface area contributed by atoms with Crippen LogP contribution in [0.25, 0.3) is 0 Å². The Hall–Kier alpha value is -0.0162. The SMILES string of the molecule is CC(=O)[C@@]12O[C@@H]1C[C@H]1[C@@H]3CC[C@H]4C[C@@H](O[Si](C)(C)C(C)(C)C)CC[C@]4(C)[C@H]3C[C@@H](O[Si](C)(C)C(C)(C)C)[C@@]12C. The number of rotatable bonds is 5. The highest BCUT2D eigenvalue weighted by atomic mass is 28.4. The summed E-state index contributed by atoms with van der Waals surface area (Å²) in [7, 11) is -3.81. The fourth-order valence-corrected chi connectivity index (χ4v) is 12.4. The summed E-state index contributed by atoms with van der Waals surface area (Å²) >= 11 is 0. The predicted molar refractivity (Wildman–Crippen MR) is 165 cm³/mol. The molecule has 6 heteroatoms. The van der Waals surface area contributed by atoms with Crippen LogP contribution in [0.4, 0.5) is 0 Å². The molecule has 0 radical (unpaired) electrons. The van der Waals surface area contributed by atoms with E-state index in [0.29, 0.717) is 29.3 Å². The molecule has 0 amide bonds. The topological polar surface area (TPSA) is 48.1 Å². The monoisotopic (exact) mass is 576 g/mol. The van der Waals surface area contributed by atoms with Gasteiger partial charge in [0, 0.05) is 11.5 Å². The number of hydrogen-bond donors (Lipinski definition) is 0. The van der Waals surface area contributed by atoms with Crippen molar-refractivity contribution < 1.29 is 18.4 Å². The van der Waals surface area contributed by atoms with E-state index >= 15 is 0 Å². The van der Waals surface area contributed by atoms with Crippen molar-refractivity contribution in [2.45, 2.75) is 167 Å². The van der Waals surface area contributed by atoms with Crippen LogP contribution >= 0.6 is 0 Å². The highest BCUT2D eigenvalue weighted by Gasteiger charge is 2.82. The molecule has 5 fully saturated rings. The third kappa shape index (κ3) is 4.30. The fourth-order valence-electron chi connectivity index (χ4n) is 9.62. The lowest BCUT2D eigenvalue weighted by Crippen LogP contribution is -2.64. The van der Waals surface area contributed by atoms with Crippen LogP contribution in [0.15, 0.2) is 0 Å². The van der Waals surface area contributed by atoms with Gasteiger partial charge < -0.3 is 13.6 Å². The van der Waals surface area contributed by atoms with Crippen LogP contribution in [0.1, 0.15) is 107 Å². The second kappa shape index (κ2) is 9.00. The second-order valence-corrected chi connectivity index (χ2v) is 27.5. The molecular formula is C33H60O4Si2. The van der Waals surface area contributed by atoms with Crippen molar-refractivity contribution in [3.05, 3.63) is 0 Å². The van der Waals surface area contributed by atoms with Crippen LogP contribution in [0, 0.1) is 34.5 Å². The summed E-state index contributed by atoms with van der Waals surface area (Å²) in [4.78, 5) is 13.3. The normalized spacial score (nSPS) is 46.1. The van der Waals surface area contributed by atoms with Crippen LogP contribution < -0.4 is 0 Å². The standard InChI is InChI=1S/C33H60O4Si2/c1-21(34)33-28(35-33)20-26-24-15-14-22-18-23(36-38(10,11)29(2,3)4)16-17-31(22,8)25(24)19-27(32(26,33)9)37-39(12,13)30(5,6)7/h22-28H,14-20H2,1-13H3/t22-,23-,24+,25-,26-,27+,28+,31-,32+,33+/m0/s1. The van der Waals surface area contributed by atoms with Gasteiger partial charge >= 0.3 is 0 Å². The van der Waals surface area contributed by atoms with Gasteiger partial charge in [-0.25, -0.2) is 0 Å². The van der Waals surface area contributed by atoms with Gasteiger partial charge in [-0.2, -0.15) is 0 Å². The first kappa shape index (κ1) is 30.4. The molecule has 5 rings (SSSR count). The lowest BCUT2D eigenvalue weighted by Gasteiger charge is -2.64. The first-order valence-corrected chi connectivity index (χ1v) is 22.0. The number of hydrogen-bond acceptors (Lipinski definition) is 4. The molecule has 5 aliphatic rings. The van der Waals surface area contributed by atoms with Crippen molar-refractivity contribution in [3.8, 4) is 0 Å². The highest BCUT2D eigenvalue weighted by Crippen LogP contribution is 2.74. The summed E-state index contributed by atoms with van der Waals surface area (Å²) in [6.45, 7) is 30.6. The van der Waals surface area contributed by atoms with E-state index in [4.69, 9.17) is 13.6 Å². The van der Waals surface area contributed by atoms with Gasteiger partial charge in [-0.15, -0.1) is 0 Å². The molecule has 10 atom stereocenters. The highest BCUT2D eigenvalue weighted by molar-refractivity contribution is 6.74. The Balaban J connectivity index is 1.45. The van der Waals surface area contributed by atoms with E-state index in [1.165, 1.54) is 32.1 Å². The maximum atomic E-state index is 13.3. The van der Waals surface area contributed by atoms with Crippen LogP contribution in [-0.4, -0.2) is 46.3 Å². The molecule has 0 unspecified atom stereocenters. The summed E-state index contributed by atoms with van der Waals surface area (Å²) in [5.74, 6) is 2.84. The molecule has 4 saturated carbocycles. The first-order valence-electron chi connectivity index (χ1n) is 16.2. The molecule has 0 N–H and O–H groups in total. The Kier molecular flexibility index (Phi) is 7.02. The number of fused-ring (bicyclic) bond motifs is 7. The molecule has 0 aromatic heterocycles. The Labute approximate surface area is 242 Å². The maximum Gasteiger partial charge on any atom is 0.192 e.